The number of urea groups is 1. The first-order valence-corrected chi connectivity index (χ1v) is 11.7. The van der Waals surface area contributed by atoms with Crippen molar-refractivity contribution in [3.63, 3.8) is 0 Å². The van der Waals surface area contributed by atoms with Crippen LogP contribution in [0.15, 0.2) is 72.8 Å². The molecule has 1 fully saturated rings. The number of aryl methyl sites for hydroxylation is 1. The van der Waals surface area contributed by atoms with Gasteiger partial charge in [-0.05, 0) is 59.4 Å². The van der Waals surface area contributed by atoms with Crippen LogP contribution < -0.4 is 20.1 Å². The van der Waals surface area contributed by atoms with Gasteiger partial charge in [0.15, 0.2) is 0 Å². The van der Waals surface area contributed by atoms with Crippen LogP contribution in [0.1, 0.15) is 34.7 Å². The summed E-state index contributed by atoms with van der Waals surface area (Å²) in [5.41, 5.74) is 2.40. The van der Waals surface area contributed by atoms with Crippen LogP contribution in [0.25, 0.3) is 0 Å². The van der Waals surface area contributed by atoms with Gasteiger partial charge in [0.05, 0.1) is 20.3 Å². The molecule has 4 amide bonds. The van der Waals surface area contributed by atoms with Gasteiger partial charge in [0, 0.05) is 0 Å². The number of nitrogens with zero attached hydrogens (tertiary/aromatic N) is 1. The Balaban J connectivity index is 1.37. The summed E-state index contributed by atoms with van der Waals surface area (Å²) in [6.07, 6.45) is 1.18. The zero-order chi connectivity index (χ0) is 25.3. The Morgan fingerprint density at radius 1 is 0.944 bits per heavy atom. The van der Waals surface area contributed by atoms with Crippen molar-refractivity contribution >= 4 is 17.8 Å². The molecule has 3 aromatic rings. The predicted octanol–water partition coefficient (Wildman–Crippen LogP) is 3.30. The van der Waals surface area contributed by atoms with Crippen LogP contribution >= 0.6 is 0 Å². The maximum atomic E-state index is 13.4. The molecule has 8 nitrogen and oxygen atoms in total. The highest BCUT2D eigenvalue weighted by molar-refractivity contribution is 6.10. The second kappa shape index (κ2) is 9.37. The predicted molar refractivity (Wildman–Crippen MR) is 133 cm³/mol. The van der Waals surface area contributed by atoms with E-state index in [-0.39, 0.29) is 6.54 Å². The van der Waals surface area contributed by atoms with Crippen LogP contribution in [0.5, 0.6) is 11.5 Å². The largest absolute Gasteiger partial charge is 0.497 e. The number of ether oxygens (including phenoxy) is 2. The zero-order valence-electron chi connectivity index (χ0n) is 20.1. The Kier molecular flexibility index (Phi) is 6.10. The molecule has 184 valence electrons. The van der Waals surface area contributed by atoms with E-state index in [0.29, 0.717) is 24.3 Å². The summed E-state index contributed by atoms with van der Waals surface area (Å²) in [6, 6.07) is 21.3. The summed E-state index contributed by atoms with van der Waals surface area (Å²) in [6.45, 7) is -0.378. The van der Waals surface area contributed by atoms with Crippen molar-refractivity contribution in [2.75, 3.05) is 20.8 Å². The molecule has 0 unspecified atom stereocenters. The average molecular weight is 486 g/mol. The van der Waals surface area contributed by atoms with E-state index in [1.54, 1.807) is 14.2 Å². The van der Waals surface area contributed by atoms with Gasteiger partial charge in [0.1, 0.15) is 23.6 Å². The lowest BCUT2D eigenvalue weighted by atomic mass is 9.92. The van der Waals surface area contributed by atoms with Crippen molar-refractivity contribution in [3.05, 3.63) is 95.1 Å². The Labute approximate surface area is 209 Å². The second-order valence-electron chi connectivity index (χ2n) is 8.93. The normalized spacial score (nSPS) is 18.4. The Morgan fingerprint density at radius 3 is 2.11 bits per heavy atom. The van der Waals surface area contributed by atoms with Gasteiger partial charge in [-0.1, -0.05) is 48.5 Å². The van der Waals surface area contributed by atoms with Crippen LogP contribution in [0, 0.1) is 0 Å². The number of nitrogens with one attached hydrogen (secondary N) is 2. The quantitative estimate of drug-likeness (QED) is 0.501. The molecule has 0 aromatic heterocycles. The minimum Gasteiger partial charge on any atom is -0.497 e. The first kappa shape index (κ1) is 23.4. The molecule has 1 heterocycles. The van der Waals surface area contributed by atoms with Gasteiger partial charge in [-0.15, -0.1) is 0 Å². The van der Waals surface area contributed by atoms with Crippen molar-refractivity contribution in [1.29, 1.82) is 0 Å². The standard InChI is InChI=1S/C28H27N3O5/c1-35-21-11-7-19(8-12-21)25(20-9-13-22(36-2)14-10-20)29-24(32)17-31-26(33)28(30-27(31)34)16-15-18-5-3-4-6-23(18)28/h3-14,25H,15-17H2,1-2H3,(H,29,32)(H,30,34)/t28-/m0/s1. The Morgan fingerprint density at radius 2 is 1.53 bits per heavy atom. The fraction of sp³-hybridized carbons (Fsp3) is 0.250. The minimum atomic E-state index is -1.10. The van der Waals surface area contributed by atoms with E-state index in [9.17, 15) is 14.4 Å². The summed E-state index contributed by atoms with van der Waals surface area (Å²) >= 11 is 0. The molecule has 0 radical (unpaired) electrons. The summed E-state index contributed by atoms with van der Waals surface area (Å²) in [5, 5.41) is 5.86. The lowest BCUT2D eigenvalue weighted by Crippen LogP contribution is -2.44. The molecule has 1 atom stereocenters. The molecule has 1 aliphatic heterocycles. The lowest BCUT2D eigenvalue weighted by Gasteiger charge is -2.23. The Hall–Kier alpha value is -4.33. The number of imide groups is 1. The molecule has 2 N–H and O–H groups in total. The topological polar surface area (TPSA) is 97.0 Å². The van der Waals surface area contributed by atoms with Gasteiger partial charge in [-0.3, -0.25) is 14.5 Å². The van der Waals surface area contributed by atoms with E-state index in [2.05, 4.69) is 10.6 Å². The van der Waals surface area contributed by atoms with Crippen LogP contribution in [-0.2, 0) is 21.5 Å². The number of hydrogen-bond acceptors (Lipinski definition) is 5. The maximum absolute atomic E-state index is 13.4. The second-order valence-corrected chi connectivity index (χ2v) is 8.93. The first-order chi connectivity index (χ1) is 17.4. The van der Waals surface area contributed by atoms with E-state index in [0.717, 1.165) is 27.2 Å². The highest BCUT2D eigenvalue weighted by atomic mass is 16.5. The third kappa shape index (κ3) is 4.04. The van der Waals surface area contributed by atoms with Gasteiger partial charge in [-0.25, -0.2) is 4.79 Å². The summed E-state index contributed by atoms with van der Waals surface area (Å²) in [5.74, 6) is 0.552. The molecular weight excluding hydrogens is 458 g/mol. The van der Waals surface area contributed by atoms with E-state index in [1.807, 2.05) is 72.8 Å². The van der Waals surface area contributed by atoms with Crippen LogP contribution in [0.4, 0.5) is 4.79 Å². The number of methoxy groups -OCH3 is 2. The number of fused-ring (bicyclic) bond motifs is 2. The molecule has 0 bridgehead atoms. The summed E-state index contributed by atoms with van der Waals surface area (Å²) in [4.78, 5) is 40.5. The van der Waals surface area contributed by atoms with Crippen molar-refractivity contribution < 1.29 is 23.9 Å². The molecular formula is C28H27N3O5. The summed E-state index contributed by atoms with van der Waals surface area (Å²) in [7, 11) is 3.18. The molecule has 1 aliphatic carbocycles. The van der Waals surface area contributed by atoms with Crippen molar-refractivity contribution in [2.24, 2.45) is 0 Å². The van der Waals surface area contributed by atoms with Gasteiger partial charge in [0.25, 0.3) is 5.91 Å². The van der Waals surface area contributed by atoms with Gasteiger partial charge in [0.2, 0.25) is 5.91 Å². The third-order valence-corrected chi connectivity index (χ3v) is 6.93. The van der Waals surface area contributed by atoms with E-state index in [1.165, 1.54) is 0 Å². The van der Waals surface area contributed by atoms with Crippen LogP contribution in [0.3, 0.4) is 0 Å². The van der Waals surface area contributed by atoms with Crippen molar-refractivity contribution in [1.82, 2.24) is 15.5 Å². The highest BCUT2D eigenvalue weighted by Gasteiger charge is 2.55. The van der Waals surface area contributed by atoms with Crippen molar-refractivity contribution in [3.8, 4) is 11.5 Å². The number of carbonyl (C=O) groups excluding carboxylic acids is 3. The molecule has 0 saturated carbocycles. The zero-order valence-corrected chi connectivity index (χ0v) is 20.1. The van der Waals surface area contributed by atoms with Crippen LogP contribution in [-0.4, -0.2) is 43.5 Å². The van der Waals surface area contributed by atoms with Crippen LogP contribution in [0.2, 0.25) is 0 Å². The fourth-order valence-corrected chi connectivity index (χ4v) is 5.04. The van der Waals surface area contributed by atoms with E-state index >= 15 is 0 Å². The summed E-state index contributed by atoms with van der Waals surface area (Å²) < 4.78 is 10.5. The van der Waals surface area contributed by atoms with Crippen molar-refractivity contribution in [2.45, 2.75) is 24.4 Å². The van der Waals surface area contributed by atoms with E-state index < -0.39 is 29.4 Å². The number of carbonyl (C=O) groups is 3. The average Bonchev–Trinajstić information content (AvgIpc) is 3.40. The van der Waals surface area contributed by atoms with E-state index in [4.69, 9.17) is 9.47 Å². The smallest absolute Gasteiger partial charge is 0.325 e. The molecule has 1 spiro atoms. The lowest BCUT2D eigenvalue weighted by molar-refractivity contribution is -0.135. The monoisotopic (exact) mass is 485 g/mol. The molecule has 2 aliphatic rings. The third-order valence-electron chi connectivity index (χ3n) is 6.93. The maximum Gasteiger partial charge on any atom is 0.325 e. The molecule has 3 aromatic carbocycles. The molecule has 36 heavy (non-hydrogen) atoms. The van der Waals surface area contributed by atoms with Gasteiger partial charge >= 0.3 is 6.03 Å². The number of hydrogen-bond donors (Lipinski definition) is 2. The highest BCUT2D eigenvalue weighted by Crippen LogP contribution is 2.41. The first-order valence-electron chi connectivity index (χ1n) is 11.7. The number of benzene rings is 3. The number of amides is 4. The Bertz CT molecular complexity index is 1260. The molecule has 5 rings (SSSR count). The minimum absolute atomic E-state index is 0.378. The van der Waals surface area contributed by atoms with Gasteiger partial charge < -0.3 is 20.1 Å². The molecule has 1 saturated heterocycles. The number of rotatable bonds is 7. The fourth-order valence-electron chi connectivity index (χ4n) is 5.04. The SMILES string of the molecule is COc1ccc(C(NC(=O)CN2C(=O)N[C@]3(CCc4ccccc43)C2=O)c2ccc(OC)cc2)cc1. The van der Waals surface area contributed by atoms with Gasteiger partial charge in [-0.2, -0.15) is 0 Å². The molecule has 8 heteroatoms.